The van der Waals surface area contributed by atoms with Crippen molar-refractivity contribution in [3.63, 3.8) is 0 Å². The van der Waals surface area contributed by atoms with Crippen LogP contribution >= 0.6 is 39.1 Å². The zero-order valence-electron chi connectivity index (χ0n) is 10.3. The summed E-state index contributed by atoms with van der Waals surface area (Å²) in [6, 6.07) is 12.4. The van der Waals surface area contributed by atoms with E-state index in [1.165, 1.54) is 0 Å². The number of rotatable bonds is 4. The molecule has 2 nitrogen and oxygen atoms in total. The van der Waals surface area contributed by atoms with Gasteiger partial charge in [0.2, 0.25) is 0 Å². The third kappa shape index (κ3) is 3.75. The van der Waals surface area contributed by atoms with Crippen LogP contribution in [0.5, 0.6) is 0 Å². The van der Waals surface area contributed by atoms with Crippen molar-refractivity contribution in [2.75, 3.05) is 0 Å². The van der Waals surface area contributed by atoms with Gasteiger partial charge < -0.3 is 5.11 Å². The molecule has 0 fully saturated rings. The van der Waals surface area contributed by atoms with Crippen molar-refractivity contribution in [3.8, 4) is 0 Å². The number of hydrogen-bond donors (Lipinski definition) is 1. The molecule has 2 aromatic carbocycles. The summed E-state index contributed by atoms with van der Waals surface area (Å²) >= 11 is 15.3. The molecule has 0 heterocycles. The molecule has 0 aliphatic carbocycles. The molecule has 2 aromatic rings. The summed E-state index contributed by atoms with van der Waals surface area (Å²) in [5.74, 6) is -1.53. The Kier molecular flexibility index (Phi) is 5.08. The van der Waals surface area contributed by atoms with Crippen LogP contribution in [0.1, 0.15) is 17.0 Å². The minimum absolute atomic E-state index is 0.321. The molecule has 0 aromatic heterocycles. The van der Waals surface area contributed by atoms with Gasteiger partial charge in [-0.15, -0.1) is 0 Å². The topological polar surface area (TPSA) is 37.3 Å². The van der Waals surface area contributed by atoms with E-state index < -0.39 is 11.9 Å². The Morgan fingerprint density at radius 3 is 2.55 bits per heavy atom. The molecule has 0 aliphatic rings. The first-order chi connectivity index (χ1) is 9.47. The lowest BCUT2D eigenvalue weighted by atomic mass is 9.92. The fourth-order valence-electron chi connectivity index (χ4n) is 1.98. The van der Waals surface area contributed by atoms with Crippen LogP contribution in [0.25, 0.3) is 0 Å². The summed E-state index contributed by atoms with van der Waals surface area (Å²) in [6.07, 6.45) is 0.321. The highest BCUT2D eigenvalue weighted by Gasteiger charge is 2.21. The average Bonchev–Trinajstić information content (AvgIpc) is 2.37. The van der Waals surface area contributed by atoms with Crippen LogP contribution < -0.4 is 0 Å². The maximum absolute atomic E-state index is 11.5. The summed E-state index contributed by atoms with van der Waals surface area (Å²) in [4.78, 5) is 11.5. The van der Waals surface area contributed by atoms with Gasteiger partial charge in [0.25, 0.3) is 0 Å². The molecule has 1 unspecified atom stereocenters. The second-order valence-corrected chi connectivity index (χ2v) is 6.14. The highest BCUT2D eigenvalue weighted by Crippen LogP contribution is 2.28. The quantitative estimate of drug-likeness (QED) is 0.802. The SMILES string of the molecule is O=C(O)C(Cc1ccc(Cl)cc1Cl)c1cccc(Br)c1. The second kappa shape index (κ2) is 6.61. The number of hydrogen-bond acceptors (Lipinski definition) is 1. The largest absolute Gasteiger partial charge is 0.481 e. The molecule has 0 aliphatic heterocycles. The Labute approximate surface area is 135 Å². The van der Waals surface area contributed by atoms with Gasteiger partial charge in [0.1, 0.15) is 0 Å². The third-order valence-electron chi connectivity index (χ3n) is 2.99. The van der Waals surface area contributed by atoms with Gasteiger partial charge in [0, 0.05) is 14.5 Å². The van der Waals surface area contributed by atoms with E-state index in [9.17, 15) is 9.90 Å². The molecule has 2 rings (SSSR count). The number of carbonyl (C=O) groups is 1. The van der Waals surface area contributed by atoms with E-state index in [1.54, 1.807) is 24.3 Å². The van der Waals surface area contributed by atoms with Crippen molar-refractivity contribution in [1.29, 1.82) is 0 Å². The van der Waals surface area contributed by atoms with Crippen LogP contribution in [0.2, 0.25) is 10.0 Å². The lowest BCUT2D eigenvalue weighted by Crippen LogP contribution is -2.14. The van der Waals surface area contributed by atoms with E-state index in [-0.39, 0.29) is 0 Å². The smallest absolute Gasteiger partial charge is 0.311 e. The van der Waals surface area contributed by atoms with Crippen LogP contribution in [-0.4, -0.2) is 11.1 Å². The summed E-state index contributed by atoms with van der Waals surface area (Å²) in [6.45, 7) is 0. The third-order valence-corrected chi connectivity index (χ3v) is 4.07. The molecule has 0 bridgehead atoms. The van der Waals surface area contributed by atoms with Crippen molar-refractivity contribution in [2.45, 2.75) is 12.3 Å². The molecule has 0 spiro atoms. The first kappa shape index (κ1) is 15.4. The van der Waals surface area contributed by atoms with Crippen LogP contribution in [0, 0.1) is 0 Å². The van der Waals surface area contributed by atoms with Gasteiger partial charge in [-0.1, -0.05) is 57.3 Å². The van der Waals surface area contributed by atoms with Crippen LogP contribution in [0.4, 0.5) is 0 Å². The molecule has 104 valence electrons. The van der Waals surface area contributed by atoms with E-state index in [0.717, 1.165) is 15.6 Å². The Hall–Kier alpha value is -1.03. The molecule has 5 heteroatoms. The first-order valence-corrected chi connectivity index (χ1v) is 7.44. The molecular formula is C15H11BrCl2O2. The van der Waals surface area contributed by atoms with Crippen molar-refractivity contribution < 1.29 is 9.90 Å². The maximum atomic E-state index is 11.5. The molecular weight excluding hydrogens is 363 g/mol. The number of aliphatic carboxylic acids is 1. The minimum Gasteiger partial charge on any atom is -0.481 e. The normalized spacial score (nSPS) is 12.2. The Morgan fingerprint density at radius 2 is 1.95 bits per heavy atom. The standard InChI is InChI=1S/C15H11BrCl2O2/c16-11-3-1-2-9(6-11)13(15(19)20)7-10-4-5-12(17)8-14(10)18/h1-6,8,13H,7H2,(H,19,20). The minimum atomic E-state index is -0.880. The molecule has 0 saturated heterocycles. The summed E-state index contributed by atoms with van der Waals surface area (Å²) in [5, 5.41) is 10.5. The van der Waals surface area contributed by atoms with Crippen molar-refractivity contribution in [1.82, 2.24) is 0 Å². The molecule has 0 saturated carbocycles. The zero-order chi connectivity index (χ0) is 14.7. The highest BCUT2D eigenvalue weighted by atomic mass is 79.9. The predicted molar refractivity (Wildman–Crippen MR) is 84.7 cm³/mol. The molecule has 1 atom stereocenters. The predicted octanol–water partition coefficient (Wildman–Crippen LogP) is 5.17. The molecule has 0 radical (unpaired) electrons. The fraction of sp³-hybridized carbons (Fsp3) is 0.133. The molecule has 20 heavy (non-hydrogen) atoms. The molecule has 0 amide bonds. The van der Waals surface area contributed by atoms with E-state index in [4.69, 9.17) is 23.2 Å². The lowest BCUT2D eigenvalue weighted by molar-refractivity contribution is -0.138. The van der Waals surface area contributed by atoms with Crippen LogP contribution in [0.15, 0.2) is 46.9 Å². The van der Waals surface area contributed by atoms with Crippen molar-refractivity contribution in [2.24, 2.45) is 0 Å². The average molecular weight is 374 g/mol. The van der Waals surface area contributed by atoms with Gasteiger partial charge in [-0.25, -0.2) is 0 Å². The van der Waals surface area contributed by atoms with Crippen LogP contribution in [-0.2, 0) is 11.2 Å². The molecule has 1 N–H and O–H groups in total. The first-order valence-electron chi connectivity index (χ1n) is 5.89. The second-order valence-electron chi connectivity index (χ2n) is 4.39. The lowest BCUT2D eigenvalue weighted by Gasteiger charge is -2.14. The monoisotopic (exact) mass is 372 g/mol. The summed E-state index contributed by atoms with van der Waals surface area (Å²) in [7, 11) is 0. The van der Waals surface area contributed by atoms with E-state index in [0.29, 0.717) is 16.5 Å². The van der Waals surface area contributed by atoms with Crippen molar-refractivity contribution in [3.05, 3.63) is 68.1 Å². The summed E-state index contributed by atoms with van der Waals surface area (Å²) < 4.78 is 0.850. The van der Waals surface area contributed by atoms with E-state index >= 15 is 0 Å². The number of halogens is 3. The van der Waals surface area contributed by atoms with Gasteiger partial charge in [-0.05, 0) is 41.8 Å². The number of carboxylic acids is 1. The Balaban J connectivity index is 2.33. The van der Waals surface area contributed by atoms with Gasteiger partial charge in [-0.3, -0.25) is 4.79 Å². The van der Waals surface area contributed by atoms with Gasteiger partial charge in [0.15, 0.2) is 0 Å². The van der Waals surface area contributed by atoms with Gasteiger partial charge in [-0.2, -0.15) is 0 Å². The van der Waals surface area contributed by atoms with Crippen LogP contribution in [0.3, 0.4) is 0 Å². The van der Waals surface area contributed by atoms with E-state index in [2.05, 4.69) is 15.9 Å². The number of benzene rings is 2. The fourth-order valence-corrected chi connectivity index (χ4v) is 2.88. The maximum Gasteiger partial charge on any atom is 0.311 e. The highest BCUT2D eigenvalue weighted by molar-refractivity contribution is 9.10. The zero-order valence-corrected chi connectivity index (χ0v) is 13.4. The van der Waals surface area contributed by atoms with Crippen molar-refractivity contribution >= 4 is 45.1 Å². The van der Waals surface area contributed by atoms with E-state index in [1.807, 2.05) is 18.2 Å². The summed E-state index contributed by atoms with van der Waals surface area (Å²) in [5.41, 5.74) is 1.50. The Morgan fingerprint density at radius 1 is 1.20 bits per heavy atom. The Bertz CT molecular complexity index is 644. The van der Waals surface area contributed by atoms with Gasteiger partial charge >= 0.3 is 5.97 Å². The number of carboxylic acid groups (broad SMARTS) is 1. The van der Waals surface area contributed by atoms with Gasteiger partial charge in [0.05, 0.1) is 5.92 Å².